The third-order valence-electron chi connectivity index (χ3n) is 8.14. The maximum atomic E-state index is 13.3. The average Bonchev–Trinajstić information content (AvgIpc) is 3.03. The summed E-state index contributed by atoms with van der Waals surface area (Å²) in [6.07, 6.45) is 1.01. The van der Waals surface area contributed by atoms with E-state index in [-0.39, 0.29) is 41.1 Å². The fraction of sp³-hybridized carbons (Fsp3) is 0.176. The molecular weight excluding hydrogens is 633 g/mol. The molecule has 1 aromatic heterocycles. The Kier molecular flexibility index (Phi) is 8.70. The molecule has 1 saturated heterocycles. The molecule has 8 nitrogen and oxygen atoms in total. The van der Waals surface area contributed by atoms with Crippen LogP contribution in [0.4, 0.5) is 5.69 Å². The molecule has 1 fully saturated rings. The van der Waals surface area contributed by atoms with E-state index in [4.69, 9.17) is 23.2 Å². The number of aromatic amines is 1. The zero-order valence-electron chi connectivity index (χ0n) is 23.9. The van der Waals surface area contributed by atoms with Crippen molar-refractivity contribution < 1.29 is 18.3 Å². The molecular formula is C34H29Cl2N3O5S. The monoisotopic (exact) mass is 661 g/mol. The van der Waals surface area contributed by atoms with E-state index in [1.807, 2.05) is 60.7 Å². The molecule has 4 aromatic carbocycles. The number of piperidine rings is 1. The van der Waals surface area contributed by atoms with Crippen LogP contribution in [0.1, 0.15) is 45.8 Å². The number of fused-ring (bicyclic) bond motifs is 1. The lowest BCUT2D eigenvalue weighted by atomic mass is 9.84. The molecule has 6 rings (SSSR count). The molecule has 0 radical (unpaired) electrons. The van der Waals surface area contributed by atoms with Gasteiger partial charge in [-0.2, -0.15) is 4.31 Å². The summed E-state index contributed by atoms with van der Waals surface area (Å²) in [7, 11) is -3.86. The van der Waals surface area contributed by atoms with E-state index in [0.29, 0.717) is 34.1 Å². The number of pyridine rings is 1. The number of hydrogen-bond acceptors (Lipinski definition) is 5. The Hall–Kier alpha value is -4.15. The van der Waals surface area contributed by atoms with Crippen LogP contribution in [0.5, 0.6) is 0 Å². The largest absolute Gasteiger partial charge is 0.478 e. The van der Waals surface area contributed by atoms with Gasteiger partial charge in [-0.1, -0.05) is 59.6 Å². The Morgan fingerprint density at radius 1 is 0.844 bits per heavy atom. The second kappa shape index (κ2) is 12.7. The molecule has 0 amide bonds. The van der Waals surface area contributed by atoms with Gasteiger partial charge in [0, 0.05) is 52.2 Å². The number of H-pyrrole nitrogens is 1. The Balaban J connectivity index is 1.28. The first-order valence-electron chi connectivity index (χ1n) is 14.4. The lowest BCUT2D eigenvalue weighted by Crippen LogP contribution is -2.42. The number of hydrogen-bond donors (Lipinski definition) is 3. The van der Waals surface area contributed by atoms with Crippen LogP contribution < -0.4 is 10.9 Å². The second-order valence-corrected chi connectivity index (χ2v) is 13.9. The summed E-state index contributed by atoms with van der Waals surface area (Å²) in [5.74, 6) is -1.31. The lowest BCUT2D eigenvalue weighted by Gasteiger charge is -2.32. The minimum Gasteiger partial charge on any atom is -0.478 e. The maximum absolute atomic E-state index is 13.3. The normalized spacial score (nSPS) is 14.6. The quantitative estimate of drug-likeness (QED) is 0.154. The van der Waals surface area contributed by atoms with Crippen LogP contribution in [0.25, 0.3) is 10.9 Å². The van der Waals surface area contributed by atoms with Gasteiger partial charge in [-0.15, -0.1) is 0 Å². The van der Waals surface area contributed by atoms with Crippen LogP contribution in [0.15, 0.2) is 107 Å². The Morgan fingerprint density at radius 3 is 2.04 bits per heavy atom. The molecule has 2 heterocycles. The van der Waals surface area contributed by atoms with Crippen molar-refractivity contribution in [1.82, 2.24) is 9.29 Å². The summed E-state index contributed by atoms with van der Waals surface area (Å²) in [5.41, 5.74) is 4.11. The number of nitrogens with one attached hydrogen (secondary N) is 2. The number of carbonyl (C=O) groups is 1. The van der Waals surface area contributed by atoms with E-state index in [0.717, 1.165) is 22.1 Å². The third-order valence-corrected chi connectivity index (χ3v) is 10.5. The minimum absolute atomic E-state index is 0.0437. The van der Waals surface area contributed by atoms with Crippen molar-refractivity contribution in [3.63, 3.8) is 0 Å². The highest BCUT2D eigenvalue weighted by molar-refractivity contribution is 7.89. The third kappa shape index (κ3) is 6.62. The van der Waals surface area contributed by atoms with E-state index >= 15 is 0 Å². The molecule has 3 N–H and O–H groups in total. The number of nitrogens with zero attached hydrogens (tertiary/aromatic N) is 1. The van der Waals surface area contributed by atoms with Gasteiger partial charge < -0.3 is 15.4 Å². The smallest absolute Gasteiger partial charge is 0.335 e. The fourth-order valence-electron chi connectivity index (χ4n) is 5.86. The molecule has 0 atom stereocenters. The number of carboxylic acids is 1. The van der Waals surface area contributed by atoms with Crippen LogP contribution in [-0.4, -0.2) is 47.9 Å². The van der Waals surface area contributed by atoms with Crippen LogP contribution in [0, 0.1) is 0 Å². The predicted octanol–water partition coefficient (Wildman–Crippen LogP) is 6.98. The first-order chi connectivity index (χ1) is 21.6. The highest BCUT2D eigenvalue weighted by Gasteiger charge is 2.30. The summed E-state index contributed by atoms with van der Waals surface area (Å²) in [6, 6.07) is 28.2. The zero-order valence-corrected chi connectivity index (χ0v) is 26.2. The molecule has 230 valence electrons. The summed E-state index contributed by atoms with van der Waals surface area (Å²) < 4.78 is 27.9. The Labute approximate surface area is 270 Å². The number of halogens is 2. The fourth-order valence-corrected chi connectivity index (χ4v) is 7.63. The van der Waals surface area contributed by atoms with Crippen molar-refractivity contribution in [3.8, 4) is 0 Å². The topological polar surface area (TPSA) is 120 Å². The van der Waals surface area contributed by atoms with Gasteiger partial charge in [0.1, 0.15) is 0 Å². The van der Waals surface area contributed by atoms with Gasteiger partial charge in [0.05, 0.1) is 16.0 Å². The number of aromatic nitrogens is 1. The highest BCUT2D eigenvalue weighted by Crippen LogP contribution is 2.36. The molecule has 1 aliphatic heterocycles. The van der Waals surface area contributed by atoms with Gasteiger partial charge in [0.15, 0.2) is 0 Å². The van der Waals surface area contributed by atoms with Crippen molar-refractivity contribution >= 4 is 55.8 Å². The first kappa shape index (κ1) is 30.9. The van der Waals surface area contributed by atoms with Crippen LogP contribution in [0.2, 0.25) is 10.0 Å². The second-order valence-electron chi connectivity index (χ2n) is 11.0. The maximum Gasteiger partial charge on any atom is 0.335 e. The molecule has 0 spiro atoms. The molecule has 0 bridgehead atoms. The molecule has 0 aliphatic carbocycles. The van der Waals surface area contributed by atoms with Crippen LogP contribution in [-0.2, 0) is 10.0 Å². The van der Waals surface area contributed by atoms with Crippen LogP contribution >= 0.6 is 23.2 Å². The van der Waals surface area contributed by atoms with E-state index < -0.39 is 16.0 Å². The number of benzene rings is 4. The Bertz CT molecular complexity index is 1990. The van der Waals surface area contributed by atoms with E-state index in [2.05, 4.69) is 16.4 Å². The standard InChI is InChI=1S/C34H29Cl2N3O5S/c35-25-9-4-21(5-10-25)33(22-6-11-26(36)12-7-22)23-8-13-30-29(19-23)31(20-32(40)38-30)37-27-14-16-39(17-15-27)45(43,44)28-3-1-2-24(18-28)34(41)42/h1-13,18-20,27,33H,14-17H2,(H,41,42)(H2,37,38,40). The minimum atomic E-state index is -3.86. The van der Waals surface area contributed by atoms with Crippen molar-refractivity contribution in [2.24, 2.45) is 0 Å². The first-order valence-corrected chi connectivity index (χ1v) is 16.6. The van der Waals surface area contributed by atoms with Crippen molar-refractivity contribution in [2.75, 3.05) is 18.4 Å². The summed E-state index contributed by atoms with van der Waals surface area (Å²) in [5, 5.41) is 14.9. The molecule has 5 aromatic rings. The zero-order chi connectivity index (χ0) is 31.7. The number of sulfonamides is 1. The van der Waals surface area contributed by atoms with Crippen LogP contribution in [0.3, 0.4) is 0 Å². The number of carboxylic acid groups (broad SMARTS) is 1. The molecule has 45 heavy (non-hydrogen) atoms. The van der Waals surface area contributed by atoms with Gasteiger partial charge in [-0.3, -0.25) is 4.79 Å². The number of anilines is 1. The molecule has 11 heteroatoms. The number of rotatable bonds is 8. The predicted molar refractivity (Wildman–Crippen MR) is 177 cm³/mol. The summed E-state index contributed by atoms with van der Waals surface area (Å²) in [4.78, 5) is 26.9. The SMILES string of the molecule is O=C(O)c1cccc(S(=O)(=O)N2CCC(Nc3cc(=O)[nH]c4ccc(C(c5ccc(Cl)cc5)c5ccc(Cl)cc5)cc34)CC2)c1. The van der Waals surface area contributed by atoms with Crippen molar-refractivity contribution in [2.45, 2.75) is 29.7 Å². The van der Waals surface area contributed by atoms with Gasteiger partial charge in [0.2, 0.25) is 15.6 Å². The summed E-state index contributed by atoms with van der Waals surface area (Å²) in [6.45, 7) is 0.498. The van der Waals surface area contributed by atoms with E-state index in [9.17, 15) is 23.1 Å². The van der Waals surface area contributed by atoms with Gasteiger partial charge >= 0.3 is 5.97 Å². The highest BCUT2D eigenvalue weighted by atomic mass is 35.5. The number of aromatic carboxylic acids is 1. The van der Waals surface area contributed by atoms with Gasteiger partial charge in [-0.05, 0) is 84.1 Å². The van der Waals surface area contributed by atoms with Gasteiger partial charge in [0.25, 0.3) is 0 Å². The summed E-state index contributed by atoms with van der Waals surface area (Å²) >= 11 is 12.4. The average molecular weight is 663 g/mol. The van der Waals surface area contributed by atoms with E-state index in [1.54, 1.807) is 0 Å². The lowest BCUT2D eigenvalue weighted by molar-refractivity contribution is 0.0696. The molecule has 1 aliphatic rings. The Morgan fingerprint density at radius 2 is 1.44 bits per heavy atom. The molecule has 0 saturated carbocycles. The van der Waals surface area contributed by atoms with Crippen molar-refractivity contribution in [1.29, 1.82) is 0 Å². The van der Waals surface area contributed by atoms with Crippen molar-refractivity contribution in [3.05, 3.63) is 140 Å². The molecule has 0 unspecified atom stereocenters. The van der Waals surface area contributed by atoms with E-state index in [1.165, 1.54) is 34.6 Å². The van der Waals surface area contributed by atoms with Gasteiger partial charge in [-0.25, -0.2) is 13.2 Å².